The molecule has 1 aromatic carbocycles. The Morgan fingerprint density at radius 2 is 1.60 bits per heavy atom. The normalized spacial score (nSPS) is 8.53. The van der Waals surface area contributed by atoms with Crippen LogP contribution in [0.1, 0.15) is 31.9 Å². The first-order valence-corrected chi connectivity index (χ1v) is 10.0. The van der Waals surface area contributed by atoms with E-state index >= 15 is 0 Å². The molecule has 0 aliphatic carbocycles. The quantitative estimate of drug-likeness (QED) is 0.669. The van der Waals surface area contributed by atoms with Crippen LogP contribution in [0.4, 0.5) is 0 Å². The Morgan fingerprint density at radius 3 is 1.87 bits per heavy atom. The molecule has 0 nitrogen and oxygen atoms in total. The van der Waals surface area contributed by atoms with Crippen LogP contribution in [-0.2, 0) is 17.1 Å². The molecular formula is C14H22Zn. The third-order valence-corrected chi connectivity index (χ3v) is 5.22. The van der Waals surface area contributed by atoms with Crippen molar-refractivity contribution in [1.29, 1.82) is 0 Å². The van der Waals surface area contributed by atoms with E-state index in [1.807, 2.05) is 6.92 Å². The third kappa shape index (κ3) is 7.51. The Balaban J connectivity index is 0.000000336. The molecule has 0 amide bonds. The standard InChI is InChI=1S/C10H12.2C2H5.Zn/c1-8(2)10-6-4-9(3)5-7-10;2*1-2;/h4-7H,1H2,2-3H3;2*1H2,2H3;. The van der Waals surface area contributed by atoms with E-state index in [0.29, 0.717) is 0 Å². The number of hydrogen-bond donors (Lipinski definition) is 0. The van der Waals surface area contributed by atoms with Gasteiger partial charge in [-0.1, -0.05) is 42.0 Å². The second-order valence-electron chi connectivity index (χ2n) is 4.00. The fourth-order valence-electron chi connectivity index (χ4n) is 1.19. The van der Waals surface area contributed by atoms with E-state index in [1.54, 1.807) is 0 Å². The predicted molar refractivity (Wildman–Crippen MR) is 66.8 cm³/mol. The molecule has 0 spiro atoms. The van der Waals surface area contributed by atoms with Crippen LogP contribution in [0.15, 0.2) is 30.8 Å². The number of benzene rings is 1. The SMILES string of the molecule is C=C(C)c1ccc(C)cc1.C[CH2][Zn][CH2]C. The Morgan fingerprint density at radius 1 is 1.13 bits per heavy atom. The van der Waals surface area contributed by atoms with Gasteiger partial charge in [-0.25, -0.2) is 0 Å². The molecule has 15 heavy (non-hydrogen) atoms. The van der Waals surface area contributed by atoms with Crippen molar-refractivity contribution >= 4 is 5.57 Å². The van der Waals surface area contributed by atoms with E-state index < -0.39 is 0 Å². The molecule has 0 bridgehead atoms. The molecule has 1 rings (SSSR count). The molecule has 1 heteroatoms. The molecule has 80 valence electrons. The molecule has 0 atom stereocenters. The molecule has 0 radical (unpaired) electrons. The van der Waals surface area contributed by atoms with Crippen LogP contribution in [0.2, 0.25) is 10.0 Å². The van der Waals surface area contributed by atoms with E-state index in [4.69, 9.17) is 0 Å². The fraction of sp³-hybridized carbons (Fsp3) is 0.429. The van der Waals surface area contributed by atoms with Crippen molar-refractivity contribution in [3.8, 4) is 0 Å². The van der Waals surface area contributed by atoms with Gasteiger partial charge < -0.3 is 0 Å². The van der Waals surface area contributed by atoms with Gasteiger partial charge >= 0.3 is 41.0 Å². The second kappa shape index (κ2) is 8.86. The first-order chi connectivity index (χ1) is 7.11. The average Bonchev–Trinajstić information content (AvgIpc) is 2.20. The van der Waals surface area contributed by atoms with Crippen LogP contribution < -0.4 is 0 Å². The zero-order valence-electron chi connectivity index (χ0n) is 10.6. The summed E-state index contributed by atoms with van der Waals surface area (Å²) in [6, 6.07) is 8.39. The van der Waals surface area contributed by atoms with Crippen molar-refractivity contribution < 1.29 is 17.1 Å². The Kier molecular flexibility index (Phi) is 8.61. The van der Waals surface area contributed by atoms with Crippen LogP contribution in [0.25, 0.3) is 5.57 Å². The maximum atomic E-state index is 3.86. The fourth-order valence-corrected chi connectivity index (χ4v) is 2.68. The summed E-state index contributed by atoms with van der Waals surface area (Å²) >= 11 is 0.0972. The molecular weight excluding hydrogens is 234 g/mol. The van der Waals surface area contributed by atoms with Crippen LogP contribution >= 0.6 is 0 Å². The summed E-state index contributed by atoms with van der Waals surface area (Å²) in [6.07, 6.45) is 0. The molecule has 0 heterocycles. The minimum absolute atomic E-state index is 0.0972. The minimum atomic E-state index is 0.0972. The van der Waals surface area contributed by atoms with Gasteiger partial charge in [-0.3, -0.25) is 0 Å². The van der Waals surface area contributed by atoms with Crippen molar-refractivity contribution in [1.82, 2.24) is 0 Å². The van der Waals surface area contributed by atoms with Crippen molar-refractivity contribution in [2.24, 2.45) is 0 Å². The van der Waals surface area contributed by atoms with E-state index in [-0.39, 0.29) is 17.1 Å². The zero-order chi connectivity index (χ0) is 11.7. The molecule has 0 unspecified atom stereocenters. The topological polar surface area (TPSA) is 0 Å². The Bertz CT molecular complexity index is 270. The molecule has 0 N–H and O–H groups in total. The van der Waals surface area contributed by atoms with Gasteiger partial charge in [-0.05, 0) is 19.4 Å². The van der Waals surface area contributed by atoms with Crippen molar-refractivity contribution in [3.05, 3.63) is 42.0 Å². The summed E-state index contributed by atoms with van der Waals surface area (Å²) in [6.45, 7) is 12.5. The Hall–Kier alpha value is -0.417. The van der Waals surface area contributed by atoms with Gasteiger partial charge in [0, 0.05) is 0 Å². The summed E-state index contributed by atoms with van der Waals surface area (Å²) < 4.78 is 0. The van der Waals surface area contributed by atoms with Gasteiger partial charge in [0.15, 0.2) is 0 Å². The molecule has 0 aliphatic heterocycles. The van der Waals surface area contributed by atoms with Gasteiger partial charge in [0.25, 0.3) is 0 Å². The van der Waals surface area contributed by atoms with E-state index in [0.717, 1.165) is 5.57 Å². The van der Waals surface area contributed by atoms with Crippen LogP contribution in [0, 0.1) is 6.92 Å². The molecule has 0 saturated carbocycles. The van der Waals surface area contributed by atoms with Gasteiger partial charge in [-0.2, -0.15) is 0 Å². The number of allylic oxidation sites excluding steroid dienone is 1. The second-order valence-corrected chi connectivity index (χ2v) is 9.68. The van der Waals surface area contributed by atoms with Crippen LogP contribution in [-0.4, -0.2) is 0 Å². The Labute approximate surface area is 102 Å². The molecule has 0 saturated heterocycles. The molecule has 1 aromatic rings. The van der Waals surface area contributed by atoms with E-state index in [2.05, 4.69) is 51.6 Å². The monoisotopic (exact) mass is 254 g/mol. The van der Waals surface area contributed by atoms with Gasteiger partial charge in [0.05, 0.1) is 0 Å². The third-order valence-electron chi connectivity index (χ3n) is 2.25. The maximum absolute atomic E-state index is 3.86. The summed E-state index contributed by atoms with van der Waals surface area (Å²) in [5, 5.41) is 3.06. The summed E-state index contributed by atoms with van der Waals surface area (Å²) in [5.41, 5.74) is 3.65. The van der Waals surface area contributed by atoms with E-state index in [9.17, 15) is 0 Å². The molecule has 0 aliphatic rings. The van der Waals surface area contributed by atoms with Crippen molar-refractivity contribution in [2.45, 2.75) is 37.7 Å². The number of hydrogen-bond acceptors (Lipinski definition) is 0. The first kappa shape index (κ1) is 14.6. The van der Waals surface area contributed by atoms with Gasteiger partial charge in [0.1, 0.15) is 0 Å². The van der Waals surface area contributed by atoms with Crippen molar-refractivity contribution in [3.63, 3.8) is 0 Å². The molecule has 0 aromatic heterocycles. The first-order valence-electron chi connectivity index (χ1n) is 5.84. The predicted octanol–water partition coefficient (Wildman–Crippen LogP) is 4.97. The summed E-state index contributed by atoms with van der Waals surface area (Å²) in [7, 11) is 0. The number of aryl methyl sites for hydroxylation is 1. The van der Waals surface area contributed by atoms with Crippen LogP contribution in [0.5, 0.6) is 0 Å². The summed E-state index contributed by atoms with van der Waals surface area (Å²) in [5.74, 6) is 0. The average molecular weight is 256 g/mol. The van der Waals surface area contributed by atoms with Crippen LogP contribution in [0.3, 0.4) is 0 Å². The van der Waals surface area contributed by atoms with Gasteiger partial charge in [-0.15, -0.1) is 0 Å². The zero-order valence-corrected chi connectivity index (χ0v) is 13.6. The number of rotatable bonds is 3. The molecule has 0 fully saturated rings. The van der Waals surface area contributed by atoms with Crippen molar-refractivity contribution in [2.75, 3.05) is 0 Å². The van der Waals surface area contributed by atoms with E-state index in [1.165, 1.54) is 21.2 Å². The summed E-state index contributed by atoms with van der Waals surface area (Å²) in [4.78, 5) is 0. The van der Waals surface area contributed by atoms with Gasteiger partial charge in [0.2, 0.25) is 0 Å².